The number of nitrogens with one attached hydrogen (secondary N) is 4. The average molecular weight is 855 g/mol. The molecule has 16 nitrogen and oxygen atoms in total. The van der Waals surface area contributed by atoms with Gasteiger partial charge < -0.3 is 45.3 Å². The van der Waals surface area contributed by atoms with Crippen LogP contribution >= 0.6 is 0 Å². The van der Waals surface area contributed by atoms with E-state index in [2.05, 4.69) is 33.2 Å². The predicted octanol–water partition coefficient (Wildman–Crippen LogP) is 6.69. The summed E-state index contributed by atoms with van der Waals surface area (Å²) in [5, 5.41) is 12.0. The fraction of sp³-hybridized carbons (Fsp3) is 0.478. The van der Waals surface area contributed by atoms with E-state index in [1.807, 2.05) is 24.0 Å². The number of ether oxygens (including phenoxy) is 3. The predicted molar refractivity (Wildman–Crippen MR) is 240 cm³/mol. The number of hydrogen-bond acceptors (Lipinski definition) is 12. The molecule has 3 aromatic carbocycles. The number of aryl methyl sites for hydroxylation is 1. The van der Waals surface area contributed by atoms with E-state index in [1.54, 1.807) is 90.1 Å². The molecule has 4 N–H and O–H groups in total. The summed E-state index contributed by atoms with van der Waals surface area (Å²) in [6, 6.07) is 17.0. The van der Waals surface area contributed by atoms with Gasteiger partial charge in [0.1, 0.15) is 22.5 Å². The van der Waals surface area contributed by atoms with E-state index in [-0.39, 0.29) is 36.1 Å². The number of aromatic nitrogens is 2. The number of para-hydroxylation sites is 1. The summed E-state index contributed by atoms with van der Waals surface area (Å²) in [5.74, 6) is -0.597. The van der Waals surface area contributed by atoms with Crippen LogP contribution in [0.4, 0.5) is 22.1 Å². The van der Waals surface area contributed by atoms with Crippen molar-refractivity contribution in [3.05, 3.63) is 77.4 Å². The molecule has 0 bridgehead atoms. The first kappa shape index (κ1) is 47.1. The Morgan fingerprint density at radius 2 is 1.40 bits per heavy atom. The Balaban J connectivity index is 1.25. The topological polar surface area (TPSA) is 185 Å². The van der Waals surface area contributed by atoms with Gasteiger partial charge in [-0.1, -0.05) is 24.3 Å². The second kappa shape index (κ2) is 21.2. The van der Waals surface area contributed by atoms with Crippen LogP contribution in [-0.2, 0) is 19.1 Å². The van der Waals surface area contributed by atoms with Crippen molar-refractivity contribution in [3.63, 3.8) is 0 Å². The molecule has 0 radical (unpaired) electrons. The van der Waals surface area contributed by atoms with E-state index in [1.165, 1.54) is 4.57 Å². The van der Waals surface area contributed by atoms with Crippen LogP contribution < -0.4 is 26.0 Å². The van der Waals surface area contributed by atoms with Crippen molar-refractivity contribution < 1.29 is 38.2 Å². The van der Waals surface area contributed by atoms with Crippen molar-refractivity contribution in [3.8, 4) is 5.75 Å². The third-order valence-electron chi connectivity index (χ3n) is 9.73. The molecule has 1 aromatic heterocycles. The molecule has 2 heterocycles. The first-order valence-corrected chi connectivity index (χ1v) is 21.2. The normalized spacial score (nSPS) is 13.4. The maximum atomic E-state index is 14.0. The summed E-state index contributed by atoms with van der Waals surface area (Å²) >= 11 is 0. The van der Waals surface area contributed by atoms with Crippen molar-refractivity contribution in [2.45, 2.75) is 85.4 Å². The molecule has 16 heteroatoms. The summed E-state index contributed by atoms with van der Waals surface area (Å²) in [7, 11) is 2.07. The van der Waals surface area contributed by atoms with Gasteiger partial charge >= 0.3 is 12.1 Å². The summed E-state index contributed by atoms with van der Waals surface area (Å²) in [5.41, 5.74) is 1.22. The van der Waals surface area contributed by atoms with E-state index in [0.29, 0.717) is 47.7 Å². The maximum Gasteiger partial charge on any atom is 0.421 e. The Morgan fingerprint density at radius 1 is 0.742 bits per heavy atom. The van der Waals surface area contributed by atoms with Crippen molar-refractivity contribution >= 4 is 58.1 Å². The van der Waals surface area contributed by atoms with Gasteiger partial charge in [0.05, 0.1) is 41.2 Å². The van der Waals surface area contributed by atoms with E-state index >= 15 is 0 Å². The molecule has 3 amide bonds. The first-order valence-electron chi connectivity index (χ1n) is 21.2. The molecule has 4 aromatic rings. The minimum atomic E-state index is -0.811. The van der Waals surface area contributed by atoms with Gasteiger partial charge in [-0.3, -0.25) is 19.2 Å². The highest BCUT2D eigenvalue weighted by molar-refractivity contribution is 6.17. The van der Waals surface area contributed by atoms with E-state index < -0.39 is 35.1 Å². The second-order valence-electron chi connectivity index (χ2n) is 17.4. The van der Waals surface area contributed by atoms with Crippen LogP contribution in [0.2, 0.25) is 0 Å². The van der Waals surface area contributed by atoms with Gasteiger partial charge in [0.2, 0.25) is 11.9 Å². The van der Waals surface area contributed by atoms with Crippen LogP contribution in [-0.4, -0.2) is 120 Å². The average Bonchev–Trinajstić information content (AvgIpc) is 3.58. The molecule has 1 saturated heterocycles. The Hall–Kier alpha value is -6.00. The Morgan fingerprint density at radius 3 is 2.06 bits per heavy atom. The van der Waals surface area contributed by atoms with Crippen LogP contribution in [0.15, 0.2) is 60.7 Å². The SMILES string of the molecule is Cc1ccc(NC(=O)c2ccccc2C(=O)Nc2cccc3c2nc(NCCNCC(=O)OC(C)(C)C)n3C(=O)OC(C)(C)C)c(OCCCCCC(=O)N2CCN(C)CC2)c1. The van der Waals surface area contributed by atoms with Gasteiger partial charge in [0.25, 0.3) is 11.8 Å². The Labute approximate surface area is 364 Å². The molecule has 1 aliphatic rings. The fourth-order valence-electron chi connectivity index (χ4n) is 6.70. The second-order valence-corrected chi connectivity index (χ2v) is 17.4. The molecule has 0 atom stereocenters. The first-order chi connectivity index (χ1) is 29.4. The number of fused-ring (bicyclic) bond motifs is 1. The van der Waals surface area contributed by atoms with Gasteiger partial charge in [-0.05, 0) is 117 Å². The number of unbranched alkanes of at least 4 members (excludes halogenated alkanes) is 2. The number of likely N-dealkylation sites (N-methyl/N-ethyl adjacent to an activating group) is 1. The number of nitrogens with zero attached hydrogens (tertiary/aromatic N) is 4. The number of carbonyl (C=O) groups excluding carboxylic acids is 5. The van der Waals surface area contributed by atoms with E-state index in [4.69, 9.17) is 19.2 Å². The van der Waals surface area contributed by atoms with E-state index in [9.17, 15) is 24.0 Å². The quantitative estimate of drug-likeness (QED) is 0.0653. The molecule has 0 unspecified atom stereocenters. The van der Waals surface area contributed by atoms with Crippen molar-refractivity contribution in [2.75, 3.05) is 75.4 Å². The molecule has 0 saturated carbocycles. The largest absolute Gasteiger partial charge is 0.491 e. The van der Waals surface area contributed by atoms with Crippen LogP contribution in [0, 0.1) is 6.92 Å². The monoisotopic (exact) mass is 854 g/mol. The minimum absolute atomic E-state index is 0.000141. The zero-order valence-electron chi connectivity index (χ0n) is 37.3. The van der Waals surface area contributed by atoms with Gasteiger partial charge in [0.15, 0.2) is 0 Å². The fourth-order valence-corrected chi connectivity index (χ4v) is 6.70. The highest BCUT2D eigenvalue weighted by Gasteiger charge is 2.26. The molecular formula is C46H62N8O8. The van der Waals surface area contributed by atoms with Crippen LogP contribution in [0.3, 0.4) is 0 Å². The summed E-state index contributed by atoms with van der Waals surface area (Å²) in [6.45, 7) is 17.0. The molecular weight excluding hydrogens is 793 g/mol. The lowest BCUT2D eigenvalue weighted by atomic mass is 10.1. The van der Waals surface area contributed by atoms with Crippen LogP contribution in [0.25, 0.3) is 11.0 Å². The van der Waals surface area contributed by atoms with Crippen LogP contribution in [0.5, 0.6) is 5.75 Å². The van der Waals surface area contributed by atoms with Gasteiger partial charge in [0, 0.05) is 45.7 Å². The summed E-state index contributed by atoms with van der Waals surface area (Å²) in [4.78, 5) is 75.0. The van der Waals surface area contributed by atoms with Crippen molar-refractivity contribution in [1.82, 2.24) is 24.7 Å². The third-order valence-corrected chi connectivity index (χ3v) is 9.73. The highest BCUT2D eigenvalue weighted by Crippen LogP contribution is 2.30. The lowest BCUT2D eigenvalue weighted by Crippen LogP contribution is -2.47. The Bertz CT molecular complexity index is 2220. The van der Waals surface area contributed by atoms with Crippen molar-refractivity contribution in [1.29, 1.82) is 0 Å². The number of amides is 3. The molecule has 0 spiro atoms. The number of hydrogen-bond donors (Lipinski definition) is 4. The number of rotatable bonds is 17. The van der Waals surface area contributed by atoms with Crippen LogP contribution in [0.1, 0.15) is 93.5 Å². The van der Waals surface area contributed by atoms with Gasteiger partial charge in [-0.25, -0.2) is 14.3 Å². The van der Waals surface area contributed by atoms with Crippen molar-refractivity contribution in [2.24, 2.45) is 0 Å². The summed E-state index contributed by atoms with van der Waals surface area (Å²) < 4.78 is 18.5. The van der Waals surface area contributed by atoms with Gasteiger partial charge in [-0.2, -0.15) is 0 Å². The third kappa shape index (κ3) is 13.8. The zero-order valence-corrected chi connectivity index (χ0v) is 37.3. The number of carbonyl (C=O) groups is 5. The minimum Gasteiger partial charge on any atom is -0.491 e. The number of benzene rings is 3. The lowest BCUT2D eigenvalue weighted by molar-refractivity contribution is -0.153. The lowest BCUT2D eigenvalue weighted by Gasteiger charge is -2.32. The van der Waals surface area contributed by atoms with E-state index in [0.717, 1.165) is 51.0 Å². The standard InChI is InChI=1S/C46H62N8O8/c1-31-20-21-34(37(29-31)60-28-13-9-10-19-38(55)53-26-24-52(8)25-27-53)49-41(57)32-15-11-12-16-33(32)42(58)50-35-17-14-18-36-40(35)51-43(54(36)44(59)62-46(5,6)7)48-23-22-47-30-39(56)61-45(2,3)4/h11-12,14-18,20-21,29,47H,9-10,13,19,22-28,30H2,1-8H3,(H,48,51)(H,49,57)(H,50,58). The Kier molecular flexibility index (Phi) is 16.1. The molecule has 62 heavy (non-hydrogen) atoms. The van der Waals surface area contributed by atoms with Gasteiger partial charge in [-0.15, -0.1) is 0 Å². The zero-order chi connectivity index (χ0) is 45.0. The summed E-state index contributed by atoms with van der Waals surface area (Å²) in [6.07, 6.45) is 2.19. The number of anilines is 3. The molecule has 1 aliphatic heterocycles. The number of esters is 1. The highest BCUT2D eigenvalue weighted by atomic mass is 16.6. The molecule has 334 valence electrons. The smallest absolute Gasteiger partial charge is 0.421 e. The maximum absolute atomic E-state index is 14.0. The number of piperazine rings is 1. The molecule has 0 aliphatic carbocycles. The molecule has 1 fully saturated rings. The number of imidazole rings is 1. The molecule has 5 rings (SSSR count).